The van der Waals surface area contributed by atoms with Crippen LogP contribution in [0.3, 0.4) is 0 Å². The number of thioether (sulfide) groups is 1. The van der Waals surface area contributed by atoms with Crippen LogP contribution in [0.5, 0.6) is 5.75 Å². The second-order valence-electron chi connectivity index (χ2n) is 4.50. The summed E-state index contributed by atoms with van der Waals surface area (Å²) in [5.74, 6) is 6.62. The number of amides is 1. The summed E-state index contributed by atoms with van der Waals surface area (Å²) in [6.45, 7) is 0. The Morgan fingerprint density at radius 2 is 1.81 bits per heavy atom. The first-order valence-corrected chi connectivity index (χ1v) is 7.54. The number of benzene rings is 2. The minimum Gasteiger partial charge on any atom is -0.496 e. The molecule has 21 heavy (non-hydrogen) atoms. The van der Waals surface area contributed by atoms with Gasteiger partial charge in [0.25, 0.3) is 0 Å². The normalized spacial score (nSPS) is 10.2. The van der Waals surface area contributed by atoms with Crippen LogP contribution in [0.4, 0.5) is 0 Å². The quantitative estimate of drug-likeness (QED) is 0.372. The summed E-state index contributed by atoms with van der Waals surface area (Å²) in [6, 6.07) is 15.9. The van der Waals surface area contributed by atoms with Crippen molar-refractivity contribution in [3.8, 4) is 5.75 Å². The molecule has 1 amide bonds. The highest BCUT2D eigenvalue weighted by atomic mass is 32.2. The van der Waals surface area contributed by atoms with Crippen LogP contribution in [-0.2, 0) is 17.0 Å². The third-order valence-corrected chi connectivity index (χ3v) is 4.14. The number of para-hydroxylation sites is 1. The molecule has 0 aromatic heterocycles. The smallest absolute Gasteiger partial charge is 0.238 e. The molecule has 4 nitrogen and oxygen atoms in total. The lowest BCUT2D eigenvalue weighted by Crippen LogP contribution is -2.31. The van der Waals surface area contributed by atoms with Crippen molar-refractivity contribution in [1.29, 1.82) is 0 Å². The van der Waals surface area contributed by atoms with Crippen LogP contribution in [0.25, 0.3) is 0 Å². The predicted molar refractivity (Wildman–Crippen MR) is 85.0 cm³/mol. The number of ether oxygens (including phenoxy) is 1. The van der Waals surface area contributed by atoms with E-state index < -0.39 is 0 Å². The lowest BCUT2D eigenvalue weighted by atomic mass is 10.1. The van der Waals surface area contributed by atoms with E-state index in [1.54, 1.807) is 18.9 Å². The molecule has 0 heterocycles. The van der Waals surface area contributed by atoms with E-state index >= 15 is 0 Å². The number of nitrogens with one attached hydrogen (secondary N) is 1. The van der Waals surface area contributed by atoms with Crippen molar-refractivity contribution in [3.63, 3.8) is 0 Å². The number of carbonyl (C=O) groups excluding carboxylic acids is 1. The maximum atomic E-state index is 11.2. The van der Waals surface area contributed by atoms with Crippen molar-refractivity contribution in [2.45, 2.75) is 17.1 Å². The Morgan fingerprint density at radius 1 is 1.14 bits per heavy atom. The van der Waals surface area contributed by atoms with Gasteiger partial charge in [0.2, 0.25) is 5.91 Å². The molecule has 0 aliphatic heterocycles. The van der Waals surface area contributed by atoms with Crippen LogP contribution in [-0.4, -0.2) is 13.0 Å². The molecule has 0 bridgehead atoms. The number of hydrogen-bond donors (Lipinski definition) is 2. The van der Waals surface area contributed by atoms with E-state index in [2.05, 4.69) is 5.43 Å². The summed E-state index contributed by atoms with van der Waals surface area (Å²) in [5, 5.41) is 0. The number of methoxy groups -OCH3 is 1. The van der Waals surface area contributed by atoms with Crippen molar-refractivity contribution in [1.82, 2.24) is 5.43 Å². The van der Waals surface area contributed by atoms with E-state index in [9.17, 15) is 4.79 Å². The van der Waals surface area contributed by atoms with Gasteiger partial charge in [-0.1, -0.05) is 36.4 Å². The summed E-state index contributed by atoms with van der Waals surface area (Å²) in [7, 11) is 1.68. The van der Waals surface area contributed by atoms with Gasteiger partial charge in [0.1, 0.15) is 5.75 Å². The van der Waals surface area contributed by atoms with Crippen molar-refractivity contribution < 1.29 is 9.53 Å². The minimum absolute atomic E-state index is 0.189. The highest BCUT2D eigenvalue weighted by molar-refractivity contribution is 7.98. The molecule has 3 N–H and O–H groups in total. The molecule has 0 fully saturated rings. The second-order valence-corrected chi connectivity index (χ2v) is 5.52. The Hall–Kier alpha value is -1.98. The number of hydrogen-bond acceptors (Lipinski definition) is 4. The molecular weight excluding hydrogens is 284 g/mol. The Morgan fingerprint density at radius 3 is 2.48 bits per heavy atom. The van der Waals surface area contributed by atoms with Gasteiger partial charge in [0, 0.05) is 10.6 Å². The van der Waals surface area contributed by atoms with E-state index in [1.807, 2.05) is 48.5 Å². The number of hydrazine groups is 1. The summed E-state index contributed by atoms with van der Waals surface area (Å²) >= 11 is 1.72. The molecule has 2 aromatic carbocycles. The molecule has 2 aromatic rings. The zero-order chi connectivity index (χ0) is 15.1. The SMILES string of the molecule is COc1ccccc1SCc1ccc(CC(=O)NN)cc1. The molecule has 0 atom stereocenters. The van der Waals surface area contributed by atoms with Gasteiger partial charge < -0.3 is 4.74 Å². The molecule has 110 valence electrons. The third-order valence-electron chi connectivity index (χ3n) is 3.01. The lowest BCUT2D eigenvalue weighted by molar-refractivity contribution is -0.120. The average Bonchev–Trinajstić information content (AvgIpc) is 2.54. The van der Waals surface area contributed by atoms with Gasteiger partial charge in [0.05, 0.1) is 13.5 Å². The molecular formula is C16H18N2O2S. The van der Waals surface area contributed by atoms with Gasteiger partial charge in [-0.2, -0.15) is 0 Å². The summed E-state index contributed by atoms with van der Waals surface area (Å²) in [4.78, 5) is 12.3. The second kappa shape index (κ2) is 7.71. The molecule has 0 saturated carbocycles. The number of rotatable bonds is 6. The fourth-order valence-corrected chi connectivity index (χ4v) is 2.87. The van der Waals surface area contributed by atoms with Gasteiger partial charge in [-0.15, -0.1) is 11.8 Å². The first-order chi connectivity index (χ1) is 10.2. The van der Waals surface area contributed by atoms with E-state index in [0.29, 0.717) is 6.42 Å². The van der Waals surface area contributed by atoms with Crippen LogP contribution in [0.1, 0.15) is 11.1 Å². The first kappa shape index (κ1) is 15.4. The molecule has 0 spiro atoms. The van der Waals surface area contributed by atoms with Crippen LogP contribution in [0, 0.1) is 0 Å². The molecule has 0 saturated heterocycles. The first-order valence-electron chi connectivity index (χ1n) is 6.56. The molecule has 0 radical (unpaired) electrons. The molecule has 0 aliphatic carbocycles. The summed E-state index contributed by atoms with van der Waals surface area (Å²) in [5.41, 5.74) is 4.28. The van der Waals surface area contributed by atoms with Gasteiger partial charge in [0.15, 0.2) is 0 Å². The van der Waals surface area contributed by atoms with Crippen molar-refractivity contribution in [2.75, 3.05) is 7.11 Å². The van der Waals surface area contributed by atoms with E-state index in [-0.39, 0.29) is 5.91 Å². The number of nitrogens with two attached hydrogens (primary N) is 1. The minimum atomic E-state index is -0.189. The van der Waals surface area contributed by atoms with Crippen molar-refractivity contribution in [3.05, 3.63) is 59.7 Å². The Labute approximate surface area is 128 Å². The van der Waals surface area contributed by atoms with Gasteiger partial charge in [-0.25, -0.2) is 5.84 Å². The van der Waals surface area contributed by atoms with Gasteiger partial charge in [-0.05, 0) is 23.3 Å². The average molecular weight is 302 g/mol. The molecule has 5 heteroatoms. The summed E-state index contributed by atoms with van der Waals surface area (Å²) in [6.07, 6.45) is 0.302. The molecule has 0 unspecified atom stereocenters. The highest BCUT2D eigenvalue weighted by Crippen LogP contribution is 2.31. The van der Waals surface area contributed by atoms with E-state index in [4.69, 9.17) is 10.6 Å². The number of carbonyl (C=O) groups is 1. The Kier molecular flexibility index (Phi) is 5.66. The topological polar surface area (TPSA) is 64.3 Å². The Balaban J connectivity index is 1.96. The van der Waals surface area contributed by atoms with Crippen molar-refractivity contribution >= 4 is 17.7 Å². The monoisotopic (exact) mass is 302 g/mol. The lowest BCUT2D eigenvalue weighted by Gasteiger charge is -2.08. The van der Waals surface area contributed by atoms with Crippen LogP contribution in [0.2, 0.25) is 0 Å². The largest absolute Gasteiger partial charge is 0.496 e. The van der Waals surface area contributed by atoms with Gasteiger partial charge in [-0.3, -0.25) is 10.2 Å². The maximum Gasteiger partial charge on any atom is 0.238 e. The van der Waals surface area contributed by atoms with E-state index in [0.717, 1.165) is 22.0 Å². The maximum absolute atomic E-state index is 11.2. The molecule has 0 aliphatic rings. The van der Waals surface area contributed by atoms with E-state index in [1.165, 1.54) is 5.56 Å². The Bertz CT molecular complexity index is 599. The summed E-state index contributed by atoms with van der Waals surface area (Å²) < 4.78 is 5.33. The van der Waals surface area contributed by atoms with Crippen molar-refractivity contribution in [2.24, 2.45) is 5.84 Å². The van der Waals surface area contributed by atoms with Crippen LogP contribution >= 0.6 is 11.8 Å². The standard InChI is InChI=1S/C16H18N2O2S/c1-20-14-4-2-3-5-15(14)21-11-13-8-6-12(7-9-13)10-16(19)18-17/h2-9H,10-11,17H2,1H3,(H,18,19). The third kappa shape index (κ3) is 4.51. The fraction of sp³-hybridized carbons (Fsp3) is 0.188. The highest BCUT2D eigenvalue weighted by Gasteiger charge is 2.04. The molecule has 2 rings (SSSR count). The zero-order valence-electron chi connectivity index (χ0n) is 11.8. The van der Waals surface area contributed by atoms with Crippen LogP contribution in [0.15, 0.2) is 53.4 Å². The fourth-order valence-electron chi connectivity index (χ4n) is 1.89. The van der Waals surface area contributed by atoms with Gasteiger partial charge >= 0.3 is 0 Å². The van der Waals surface area contributed by atoms with Crippen LogP contribution < -0.4 is 16.0 Å². The zero-order valence-corrected chi connectivity index (χ0v) is 12.7. The predicted octanol–water partition coefficient (Wildman–Crippen LogP) is 2.52.